The summed E-state index contributed by atoms with van der Waals surface area (Å²) in [5.41, 5.74) is 1.59. The predicted octanol–water partition coefficient (Wildman–Crippen LogP) is 3.49. The van der Waals surface area contributed by atoms with E-state index in [1.165, 1.54) is 0 Å². The number of aromatic nitrogens is 1. The summed E-state index contributed by atoms with van der Waals surface area (Å²) in [6.07, 6.45) is 4.97. The van der Waals surface area contributed by atoms with Crippen molar-refractivity contribution in [3.8, 4) is 0 Å². The van der Waals surface area contributed by atoms with Gasteiger partial charge in [0.2, 0.25) is 0 Å². The van der Waals surface area contributed by atoms with E-state index in [4.69, 9.17) is 11.6 Å². The lowest BCUT2D eigenvalue weighted by atomic mass is 9.71. The summed E-state index contributed by atoms with van der Waals surface area (Å²) in [6, 6.07) is 11.5. The van der Waals surface area contributed by atoms with Crippen molar-refractivity contribution in [1.82, 2.24) is 9.88 Å². The SMILES string of the molecule is Cn1cccc1C(=O)NC1(c2ccc(Cl)cc2)CCC1. The molecule has 104 valence electrons. The summed E-state index contributed by atoms with van der Waals surface area (Å²) in [6.45, 7) is 0. The molecule has 1 amide bonds. The smallest absolute Gasteiger partial charge is 0.268 e. The first-order chi connectivity index (χ1) is 9.61. The molecule has 1 aliphatic carbocycles. The first kappa shape index (κ1) is 13.3. The fourth-order valence-electron chi connectivity index (χ4n) is 2.76. The Balaban J connectivity index is 1.85. The van der Waals surface area contributed by atoms with Crippen molar-refractivity contribution in [3.63, 3.8) is 0 Å². The Kier molecular flexibility index (Phi) is 3.30. The van der Waals surface area contributed by atoms with Crippen LogP contribution < -0.4 is 5.32 Å². The second kappa shape index (κ2) is 4.98. The molecule has 1 aromatic heterocycles. The summed E-state index contributed by atoms with van der Waals surface area (Å²) in [5, 5.41) is 3.93. The van der Waals surface area contributed by atoms with E-state index in [9.17, 15) is 4.79 Å². The lowest BCUT2D eigenvalue weighted by Crippen LogP contribution is -2.51. The van der Waals surface area contributed by atoms with E-state index in [0.717, 1.165) is 29.8 Å². The van der Waals surface area contributed by atoms with Crippen LogP contribution in [0, 0.1) is 0 Å². The van der Waals surface area contributed by atoms with Gasteiger partial charge in [0.25, 0.3) is 5.91 Å². The lowest BCUT2D eigenvalue weighted by molar-refractivity contribution is 0.0815. The molecule has 1 aromatic carbocycles. The largest absolute Gasteiger partial charge is 0.347 e. The van der Waals surface area contributed by atoms with E-state index in [0.29, 0.717) is 5.69 Å². The predicted molar refractivity (Wildman–Crippen MR) is 79.9 cm³/mol. The average molecular weight is 289 g/mol. The number of halogens is 1. The first-order valence-electron chi connectivity index (χ1n) is 6.81. The van der Waals surface area contributed by atoms with Gasteiger partial charge in [-0.3, -0.25) is 4.79 Å². The Hall–Kier alpha value is -1.74. The normalized spacial score (nSPS) is 16.5. The molecule has 1 fully saturated rings. The van der Waals surface area contributed by atoms with Crippen LogP contribution >= 0.6 is 11.6 Å². The highest BCUT2D eigenvalue weighted by Crippen LogP contribution is 2.41. The third-order valence-corrected chi connectivity index (χ3v) is 4.39. The topological polar surface area (TPSA) is 34.0 Å². The van der Waals surface area contributed by atoms with Crippen molar-refractivity contribution in [1.29, 1.82) is 0 Å². The number of carbonyl (C=O) groups excluding carboxylic acids is 1. The van der Waals surface area contributed by atoms with E-state index in [1.54, 1.807) is 0 Å². The minimum Gasteiger partial charge on any atom is -0.347 e. The molecule has 0 radical (unpaired) electrons. The molecule has 0 atom stereocenters. The number of hydrogen-bond donors (Lipinski definition) is 1. The zero-order valence-electron chi connectivity index (χ0n) is 11.4. The monoisotopic (exact) mass is 288 g/mol. The highest BCUT2D eigenvalue weighted by atomic mass is 35.5. The molecule has 20 heavy (non-hydrogen) atoms. The molecule has 1 saturated carbocycles. The summed E-state index contributed by atoms with van der Waals surface area (Å²) in [4.78, 5) is 12.4. The Morgan fingerprint density at radius 1 is 1.25 bits per heavy atom. The van der Waals surface area contributed by atoms with Gasteiger partial charge in [-0.2, -0.15) is 0 Å². The van der Waals surface area contributed by atoms with Gasteiger partial charge in [-0.05, 0) is 49.1 Å². The molecule has 3 rings (SSSR count). The third-order valence-electron chi connectivity index (χ3n) is 4.13. The molecular formula is C16H17ClN2O. The van der Waals surface area contributed by atoms with E-state index in [1.807, 2.05) is 54.2 Å². The standard InChI is InChI=1S/C16H17ClN2O/c1-19-11-2-4-14(19)15(20)18-16(9-3-10-16)12-5-7-13(17)8-6-12/h2,4-8,11H,3,9-10H2,1H3,(H,18,20). The van der Waals surface area contributed by atoms with Crippen molar-refractivity contribution in [2.45, 2.75) is 24.8 Å². The molecule has 4 heteroatoms. The molecule has 3 nitrogen and oxygen atoms in total. The second-order valence-electron chi connectivity index (χ2n) is 5.40. The molecule has 0 unspecified atom stereocenters. The molecule has 0 bridgehead atoms. The summed E-state index contributed by atoms with van der Waals surface area (Å²) >= 11 is 5.94. The highest BCUT2D eigenvalue weighted by Gasteiger charge is 2.40. The Bertz CT molecular complexity index is 626. The van der Waals surface area contributed by atoms with Crippen molar-refractivity contribution < 1.29 is 4.79 Å². The minimum atomic E-state index is -0.230. The Morgan fingerprint density at radius 2 is 1.95 bits per heavy atom. The maximum Gasteiger partial charge on any atom is 0.268 e. The number of nitrogens with one attached hydrogen (secondary N) is 1. The minimum absolute atomic E-state index is 0.0212. The number of rotatable bonds is 3. The lowest BCUT2D eigenvalue weighted by Gasteiger charge is -2.43. The van der Waals surface area contributed by atoms with Crippen LogP contribution in [0.4, 0.5) is 0 Å². The fraction of sp³-hybridized carbons (Fsp3) is 0.312. The zero-order valence-corrected chi connectivity index (χ0v) is 12.2. The van der Waals surface area contributed by atoms with Crippen LogP contribution in [0.25, 0.3) is 0 Å². The van der Waals surface area contributed by atoms with Crippen LogP contribution in [0.3, 0.4) is 0 Å². The maximum absolute atomic E-state index is 12.4. The van der Waals surface area contributed by atoms with Crippen LogP contribution in [-0.4, -0.2) is 10.5 Å². The van der Waals surface area contributed by atoms with Gasteiger partial charge in [0.05, 0.1) is 5.54 Å². The number of hydrogen-bond acceptors (Lipinski definition) is 1. The molecular weight excluding hydrogens is 272 g/mol. The highest BCUT2D eigenvalue weighted by molar-refractivity contribution is 6.30. The molecule has 1 heterocycles. The summed E-state index contributed by atoms with van der Waals surface area (Å²) in [5.74, 6) is -0.0212. The van der Waals surface area contributed by atoms with Gasteiger partial charge >= 0.3 is 0 Å². The van der Waals surface area contributed by atoms with Crippen LogP contribution in [0.15, 0.2) is 42.6 Å². The van der Waals surface area contributed by atoms with E-state index in [2.05, 4.69) is 5.32 Å². The van der Waals surface area contributed by atoms with E-state index in [-0.39, 0.29) is 11.4 Å². The number of benzene rings is 1. The summed E-state index contributed by atoms with van der Waals surface area (Å²) in [7, 11) is 1.88. The van der Waals surface area contributed by atoms with Crippen molar-refractivity contribution >= 4 is 17.5 Å². The van der Waals surface area contributed by atoms with Gasteiger partial charge in [-0.25, -0.2) is 0 Å². The zero-order chi connectivity index (χ0) is 14.2. The first-order valence-corrected chi connectivity index (χ1v) is 7.18. The van der Waals surface area contributed by atoms with Crippen LogP contribution in [-0.2, 0) is 12.6 Å². The van der Waals surface area contributed by atoms with Crippen LogP contribution in [0.2, 0.25) is 5.02 Å². The van der Waals surface area contributed by atoms with Crippen LogP contribution in [0.5, 0.6) is 0 Å². The molecule has 1 N–H and O–H groups in total. The number of nitrogens with zero attached hydrogens (tertiary/aromatic N) is 1. The molecule has 0 saturated heterocycles. The van der Waals surface area contributed by atoms with Crippen LogP contribution in [0.1, 0.15) is 35.3 Å². The van der Waals surface area contributed by atoms with Crippen molar-refractivity contribution in [2.24, 2.45) is 7.05 Å². The van der Waals surface area contributed by atoms with Gasteiger partial charge in [0.1, 0.15) is 5.69 Å². The molecule has 1 aliphatic rings. The van der Waals surface area contributed by atoms with E-state index >= 15 is 0 Å². The van der Waals surface area contributed by atoms with Gasteiger partial charge in [-0.1, -0.05) is 23.7 Å². The van der Waals surface area contributed by atoms with E-state index < -0.39 is 0 Å². The number of carbonyl (C=O) groups is 1. The molecule has 2 aromatic rings. The van der Waals surface area contributed by atoms with Gasteiger partial charge in [0, 0.05) is 18.3 Å². The number of amides is 1. The van der Waals surface area contributed by atoms with Crippen molar-refractivity contribution in [2.75, 3.05) is 0 Å². The Labute approximate surface area is 123 Å². The maximum atomic E-state index is 12.4. The molecule has 0 aliphatic heterocycles. The molecule has 0 spiro atoms. The second-order valence-corrected chi connectivity index (χ2v) is 5.84. The van der Waals surface area contributed by atoms with Crippen molar-refractivity contribution in [3.05, 3.63) is 58.9 Å². The summed E-state index contributed by atoms with van der Waals surface area (Å²) < 4.78 is 1.84. The number of aryl methyl sites for hydroxylation is 1. The quantitative estimate of drug-likeness (QED) is 0.922. The fourth-order valence-corrected chi connectivity index (χ4v) is 2.89. The Morgan fingerprint density at radius 3 is 2.45 bits per heavy atom. The van der Waals surface area contributed by atoms with Gasteiger partial charge < -0.3 is 9.88 Å². The average Bonchev–Trinajstić information content (AvgIpc) is 2.81. The van der Waals surface area contributed by atoms with Gasteiger partial charge in [-0.15, -0.1) is 0 Å². The third kappa shape index (κ3) is 2.22. The van der Waals surface area contributed by atoms with Gasteiger partial charge in [0.15, 0.2) is 0 Å².